The standard InChI is InChI=1S/C20H27N3O3/c1-5-25-15-8-6-7-9-16(15)26-17-11-10-14(12-22-17)13-23-19(24)18(21)20(2,3)4/h6-12,18H,5,13,21H2,1-4H3,(H,23,24)/t18-/m1/s1. The molecule has 1 aromatic carbocycles. The first-order valence-electron chi connectivity index (χ1n) is 8.69. The molecule has 2 rings (SSSR count). The van der Waals surface area contributed by atoms with Crippen LogP contribution in [0.4, 0.5) is 0 Å². The van der Waals surface area contributed by atoms with Crippen LogP contribution in [0.3, 0.4) is 0 Å². The predicted molar refractivity (Wildman–Crippen MR) is 101 cm³/mol. The van der Waals surface area contributed by atoms with Gasteiger partial charge in [0.15, 0.2) is 11.5 Å². The van der Waals surface area contributed by atoms with E-state index in [9.17, 15) is 4.79 Å². The van der Waals surface area contributed by atoms with Crippen LogP contribution in [0.5, 0.6) is 17.4 Å². The third-order valence-electron chi connectivity index (χ3n) is 3.84. The highest BCUT2D eigenvalue weighted by molar-refractivity contribution is 5.82. The molecule has 1 atom stereocenters. The minimum absolute atomic E-state index is 0.177. The molecule has 6 heteroatoms. The molecular weight excluding hydrogens is 330 g/mol. The van der Waals surface area contributed by atoms with Gasteiger partial charge in [-0.3, -0.25) is 4.79 Å². The number of aromatic nitrogens is 1. The van der Waals surface area contributed by atoms with Crippen molar-refractivity contribution in [2.24, 2.45) is 11.1 Å². The zero-order chi connectivity index (χ0) is 19.2. The molecule has 26 heavy (non-hydrogen) atoms. The van der Waals surface area contributed by atoms with E-state index in [2.05, 4.69) is 10.3 Å². The number of para-hydroxylation sites is 2. The van der Waals surface area contributed by atoms with Crippen molar-refractivity contribution in [1.29, 1.82) is 0 Å². The van der Waals surface area contributed by atoms with E-state index in [-0.39, 0.29) is 11.3 Å². The summed E-state index contributed by atoms with van der Waals surface area (Å²) in [7, 11) is 0. The molecule has 0 unspecified atom stereocenters. The molecule has 0 saturated carbocycles. The van der Waals surface area contributed by atoms with Crippen molar-refractivity contribution < 1.29 is 14.3 Å². The zero-order valence-corrected chi connectivity index (χ0v) is 15.8. The molecule has 1 heterocycles. The summed E-state index contributed by atoms with van der Waals surface area (Å²) in [5.74, 6) is 1.56. The lowest BCUT2D eigenvalue weighted by Gasteiger charge is -2.25. The summed E-state index contributed by atoms with van der Waals surface area (Å²) in [5, 5.41) is 2.84. The minimum atomic E-state index is -0.562. The van der Waals surface area contributed by atoms with Crippen molar-refractivity contribution in [1.82, 2.24) is 10.3 Å². The number of amides is 1. The minimum Gasteiger partial charge on any atom is -0.490 e. The maximum absolute atomic E-state index is 12.1. The van der Waals surface area contributed by atoms with Gasteiger partial charge in [0, 0.05) is 18.8 Å². The first-order valence-corrected chi connectivity index (χ1v) is 8.69. The monoisotopic (exact) mass is 357 g/mol. The lowest BCUT2D eigenvalue weighted by molar-refractivity contribution is -0.124. The van der Waals surface area contributed by atoms with Crippen molar-refractivity contribution in [2.75, 3.05) is 6.61 Å². The number of pyridine rings is 1. The van der Waals surface area contributed by atoms with Crippen LogP contribution in [-0.2, 0) is 11.3 Å². The lowest BCUT2D eigenvalue weighted by Crippen LogP contribution is -2.48. The van der Waals surface area contributed by atoms with Gasteiger partial charge >= 0.3 is 0 Å². The number of carbonyl (C=O) groups is 1. The van der Waals surface area contributed by atoms with E-state index in [1.807, 2.05) is 58.0 Å². The SMILES string of the molecule is CCOc1ccccc1Oc1ccc(CNC(=O)[C@@H](N)C(C)(C)C)cn1. The van der Waals surface area contributed by atoms with E-state index < -0.39 is 6.04 Å². The van der Waals surface area contributed by atoms with Crippen LogP contribution in [0.1, 0.15) is 33.3 Å². The van der Waals surface area contributed by atoms with E-state index in [4.69, 9.17) is 15.2 Å². The second-order valence-corrected chi connectivity index (χ2v) is 7.05. The Morgan fingerprint density at radius 2 is 1.88 bits per heavy atom. The molecule has 140 valence electrons. The number of nitrogens with two attached hydrogens (primary N) is 1. The fourth-order valence-electron chi connectivity index (χ4n) is 2.19. The number of nitrogens with one attached hydrogen (secondary N) is 1. The summed E-state index contributed by atoms with van der Waals surface area (Å²) in [6.45, 7) is 8.65. The first-order chi connectivity index (χ1) is 12.3. The van der Waals surface area contributed by atoms with Gasteiger partial charge < -0.3 is 20.5 Å². The van der Waals surface area contributed by atoms with Gasteiger partial charge in [0.25, 0.3) is 0 Å². The molecule has 2 aromatic rings. The average molecular weight is 357 g/mol. The van der Waals surface area contributed by atoms with Gasteiger partial charge in [-0.1, -0.05) is 39.0 Å². The van der Waals surface area contributed by atoms with E-state index in [1.54, 1.807) is 12.3 Å². The molecule has 0 radical (unpaired) electrons. The summed E-state index contributed by atoms with van der Waals surface area (Å²) in [4.78, 5) is 16.4. The van der Waals surface area contributed by atoms with Crippen molar-refractivity contribution in [3.05, 3.63) is 48.2 Å². The molecule has 1 aromatic heterocycles. The Hall–Kier alpha value is -2.60. The molecule has 0 fully saturated rings. The Bertz CT molecular complexity index is 724. The van der Waals surface area contributed by atoms with Gasteiger partial charge in [0.05, 0.1) is 12.6 Å². The Balaban J connectivity index is 1.96. The first kappa shape index (κ1) is 19.7. The van der Waals surface area contributed by atoms with E-state index in [1.165, 1.54) is 0 Å². The number of rotatable bonds is 7. The van der Waals surface area contributed by atoms with E-state index >= 15 is 0 Å². The fourth-order valence-corrected chi connectivity index (χ4v) is 2.19. The summed E-state index contributed by atoms with van der Waals surface area (Å²) in [6, 6.07) is 10.5. The van der Waals surface area contributed by atoms with Gasteiger partial charge in [-0.15, -0.1) is 0 Å². The van der Waals surface area contributed by atoms with Gasteiger partial charge in [-0.2, -0.15) is 0 Å². The zero-order valence-electron chi connectivity index (χ0n) is 15.8. The van der Waals surface area contributed by atoms with Gasteiger partial charge in [-0.05, 0) is 30.0 Å². The van der Waals surface area contributed by atoms with E-state index in [0.29, 0.717) is 30.5 Å². The largest absolute Gasteiger partial charge is 0.490 e. The maximum atomic E-state index is 12.1. The second kappa shape index (κ2) is 8.67. The van der Waals surface area contributed by atoms with Crippen molar-refractivity contribution in [2.45, 2.75) is 40.3 Å². The molecule has 0 spiro atoms. The van der Waals surface area contributed by atoms with Crippen molar-refractivity contribution >= 4 is 5.91 Å². The van der Waals surface area contributed by atoms with Gasteiger partial charge in [-0.25, -0.2) is 4.98 Å². The van der Waals surface area contributed by atoms with Crippen LogP contribution >= 0.6 is 0 Å². The van der Waals surface area contributed by atoms with Crippen LogP contribution in [0, 0.1) is 5.41 Å². The number of hydrogen-bond acceptors (Lipinski definition) is 5. The maximum Gasteiger partial charge on any atom is 0.237 e. The molecule has 3 N–H and O–H groups in total. The fraction of sp³-hybridized carbons (Fsp3) is 0.400. The summed E-state index contributed by atoms with van der Waals surface area (Å²) in [6.07, 6.45) is 1.67. The number of carbonyl (C=O) groups excluding carboxylic acids is 1. The van der Waals surface area contributed by atoms with E-state index in [0.717, 1.165) is 5.56 Å². The Morgan fingerprint density at radius 1 is 1.19 bits per heavy atom. The highest BCUT2D eigenvalue weighted by atomic mass is 16.5. The number of nitrogens with zero attached hydrogens (tertiary/aromatic N) is 1. The molecule has 0 aliphatic carbocycles. The molecule has 1 amide bonds. The van der Waals surface area contributed by atoms with Gasteiger partial charge in [0.2, 0.25) is 11.8 Å². The number of benzene rings is 1. The average Bonchev–Trinajstić information content (AvgIpc) is 2.61. The topological polar surface area (TPSA) is 86.5 Å². The molecule has 0 aliphatic heterocycles. The lowest BCUT2D eigenvalue weighted by atomic mass is 9.87. The molecular formula is C20H27N3O3. The second-order valence-electron chi connectivity index (χ2n) is 7.05. The summed E-state index contributed by atoms with van der Waals surface area (Å²) >= 11 is 0. The highest BCUT2D eigenvalue weighted by Gasteiger charge is 2.27. The van der Waals surface area contributed by atoms with Gasteiger partial charge in [0.1, 0.15) is 0 Å². The Kier molecular flexibility index (Phi) is 6.58. The van der Waals surface area contributed by atoms with Crippen LogP contribution in [0.25, 0.3) is 0 Å². The predicted octanol–water partition coefficient (Wildman–Crippen LogP) is 3.26. The third kappa shape index (κ3) is 5.46. The Morgan fingerprint density at radius 3 is 2.46 bits per heavy atom. The van der Waals surface area contributed by atoms with Crippen LogP contribution < -0.4 is 20.5 Å². The number of hydrogen-bond donors (Lipinski definition) is 2. The summed E-state index contributed by atoms with van der Waals surface area (Å²) in [5.41, 5.74) is 6.53. The van der Waals surface area contributed by atoms with Crippen molar-refractivity contribution in [3.8, 4) is 17.4 Å². The molecule has 0 saturated heterocycles. The summed E-state index contributed by atoms with van der Waals surface area (Å²) < 4.78 is 11.3. The normalized spacial score (nSPS) is 12.3. The molecule has 0 bridgehead atoms. The highest BCUT2D eigenvalue weighted by Crippen LogP contribution is 2.30. The Labute approximate surface area is 154 Å². The van der Waals surface area contributed by atoms with Crippen LogP contribution in [0.2, 0.25) is 0 Å². The van der Waals surface area contributed by atoms with Crippen LogP contribution in [0.15, 0.2) is 42.6 Å². The molecule has 6 nitrogen and oxygen atoms in total. The third-order valence-corrected chi connectivity index (χ3v) is 3.84. The van der Waals surface area contributed by atoms with Crippen molar-refractivity contribution in [3.63, 3.8) is 0 Å². The number of ether oxygens (including phenoxy) is 2. The molecule has 0 aliphatic rings. The van der Waals surface area contributed by atoms with Crippen LogP contribution in [-0.4, -0.2) is 23.5 Å². The smallest absolute Gasteiger partial charge is 0.237 e. The quantitative estimate of drug-likeness (QED) is 0.794.